The third-order valence-electron chi connectivity index (χ3n) is 2.52. The van der Waals surface area contributed by atoms with Crippen molar-refractivity contribution in [3.05, 3.63) is 28.5 Å². The Balaban J connectivity index is 2.74. The number of rotatable bonds is 6. The van der Waals surface area contributed by atoms with Crippen LogP contribution in [0, 0.1) is 0 Å². The van der Waals surface area contributed by atoms with Gasteiger partial charge in [0.1, 0.15) is 0 Å². The zero-order valence-electron chi connectivity index (χ0n) is 10.8. The highest BCUT2D eigenvalue weighted by Gasteiger charge is 2.29. The van der Waals surface area contributed by atoms with Gasteiger partial charge < -0.3 is 4.74 Å². The number of pyridine rings is 1. The van der Waals surface area contributed by atoms with Crippen molar-refractivity contribution in [2.24, 2.45) is 0 Å². The molecular weight excluding hydrogens is 334 g/mol. The number of esters is 1. The molecule has 5 nitrogen and oxygen atoms in total. The number of hydrogen-bond acceptors (Lipinski definition) is 5. The monoisotopic (exact) mass is 349 g/mol. The van der Waals surface area contributed by atoms with Gasteiger partial charge in [-0.15, -0.1) is 0 Å². The lowest BCUT2D eigenvalue weighted by Gasteiger charge is -2.13. The maximum absolute atomic E-state index is 11.6. The van der Waals surface area contributed by atoms with E-state index in [1.54, 1.807) is 19.2 Å². The summed E-state index contributed by atoms with van der Waals surface area (Å²) in [5, 5.41) is -1.13. The van der Waals surface area contributed by atoms with Gasteiger partial charge in [0, 0.05) is 22.6 Å². The van der Waals surface area contributed by atoms with Crippen LogP contribution >= 0.6 is 15.9 Å². The predicted molar refractivity (Wildman–Crippen MR) is 75.5 cm³/mol. The number of carbonyl (C=O) groups excluding carboxylic acids is 1. The Kier molecular flexibility index (Phi) is 5.93. The second kappa shape index (κ2) is 7.00. The molecule has 0 spiro atoms. The highest BCUT2D eigenvalue weighted by Crippen LogP contribution is 2.13. The summed E-state index contributed by atoms with van der Waals surface area (Å²) in [6.45, 7) is 1.81. The van der Waals surface area contributed by atoms with E-state index in [1.807, 2.05) is 6.07 Å². The van der Waals surface area contributed by atoms with Crippen LogP contribution in [0.25, 0.3) is 0 Å². The largest absolute Gasteiger partial charge is 0.465 e. The number of carbonyl (C=O) groups is 1. The van der Waals surface area contributed by atoms with Crippen LogP contribution in [0.3, 0.4) is 0 Å². The molecule has 0 aromatic carbocycles. The van der Waals surface area contributed by atoms with Crippen LogP contribution in [0.1, 0.15) is 19.0 Å². The van der Waals surface area contributed by atoms with Crippen molar-refractivity contribution in [2.75, 3.05) is 12.9 Å². The summed E-state index contributed by atoms with van der Waals surface area (Å²) in [5.41, 5.74) is 0.737. The Morgan fingerprint density at radius 2 is 2.16 bits per heavy atom. The first-order chi connectivity index (χ1) is 8.84. The summed E-state index contributed by atoms with van der Waals surface area (Å²) < 4.78 is 28.8. The van der Waals surface area contributed by atoms with Gasteiger partial charge in [-0.2, -0.15) is 0 Å². The molecule has 1 unspecified atom stereocenters. The number of aromatic nitrogens is 1. The van der Waals surface area contributed by atoms with E-state index in [1.165, 1.54) is 0 Å². The molecule has 19 heavy (non-hydrogen) atoms. The van der Waals surface area contributed by atoms with Crippen molar-refractivity contribution in [1.29, 1.82) is 0 Å². The second-order valence-corrected chi connectivity index (χ2v) is 7.22. The molecule has 1 aromatic heterocycles. The molecule has 0 bridgehead atoms. The van der Waals surface area contributed by atoms with E-state index in [0.29, 0.717) is 6.42 Å². The number of nitrogens with zero attached hydrogens (tertiary/aromatic N) is 1. The van der Waals surface area contributed by atoms with Crippen molar-refractivity contribution in [3.8, 4) is 0 Å². The lowest BCUT2D eigenvalue weighted by Crippen LogP contribution is -2.32. The highest BCUT2D eigenvalue weighted by molar-refractivity contribution is 9.10. The van der Waals surface area contributed by atoms with Gasteiger partial charge in [-0.1, -0.05) is 0 Å². The molecule has 0 N–H and O–H groups in total. The number of ether oxygens (including phenoxy) is 1. The first-order valence-electron chi connectivity index (χ1n) is 5.80. The molecule has 0 radical (unpaired) electrons. The summed E-state index contributed by atoms with van der Waals surface area (Å²) in [4.78, 5) is 15.8. The molecule has 7 heteroatoms. The Morgan fingerprint density at radius 3 is 2.63 bits per heavy atom. The molecule has 0 amide bonds. The van der Waals surface area contributed by atoms with E-state index in [2.05, 4.69) is 20.9 Å². The number of aryl methyl sites for hydroxylation is 1. The summed E-state index contributed by atoms with van der Waals surface area (Å²) in [6, 6.07) is 3.61. The molecule has 0 aliphatic heterocycles. The predicted octanol–water partition coefficient (Wildman–Crippen LogP) is 1.75. The molecule has 1 aromatic rings. The van der Waals surface area contributed by atoms with Crippen LogP contribution in [-0.2, 0) is 25.8 Å². The maximum atomic E-state index is 11.6. The van der Waals surface area contributed by atoms with Crippen LogP contribution in [0.4, 0.5) is 0 Å². The number of hydrogen-bond donors (Lipinski definition) is 0. The molecule has 1 heterocycles. The average Bonchev–Trinajstić information content (AvgIpc) is 2.30. The molecule has 1 atom stereocenters. The third kappa shape index (κ3) is 5.28. The fourth-order valence-electron chi connectivity index (χ4n) is 1.58. The molecule has 0 aliphatic rings. The summed E-state index contributed by atoms with van der Waals surface area (Å²) in [7, 11) is -3.48. The van der Waals surface area contributed by atoms with Gasteiger partial charge in [-0.05, 0) is 47.8 Å². The molecule has 106 valence electrons. The van der Waals surface area contributed by atoms with Crippen LogP contribution in [-0.4, -0.2) is 37.5 Å². The van der Waals surface area contributed by atoms with Crippen molar-refractivity contribution < 1.29 is 17.9 Å². The molecule has 0 fully saturated rings. The quantitative estimate of drug-likeness (QED) is 0.731. The highest BCUT2D eigenvalue weighted by atomic mass is 79.9. The van der Waals surface area contributed by atoms with E-state index in [4.69, 9.17) is 4.74 Å². The zero-order chi connectivity index (χ0) is 14.5. The topological polar surface area (TPSA) is 73.3 Å². The maximum Gasteiger partial charge on any atom is 0.324 e. The van der Waals surface area contributed by atoms with Crippen molar-refractivity contribution in [3.63, 3.8) is 0 Å². The Hall–Kier alpha value is -0.950. The van der Waals surface area contributed by atoms with Gasteiger partial charge in [-0.25, -0.2) is 8.42 Å². The Labute approximate surface area is 121 Å². The lowest BCUT2D eigenvalue weighted by molar-refractivity contribution is -0.142. The van der Waals surface area contributed by atoms with Crippen LogP contribution in [0.2, 0.25) is 0 Å². The first-order valence-corrected chi connectivity index (χ1v) is 8.55. The summed E-state index contributed by atoms with van der Waals surface area (Å²) in [6.07, 6.45) is 3.26. The minimum absolute atomic E-state index is 0.168. The molecular formula is C12H16BrNO4S. The van der Waals surface area contributed by atoms with Gasteiger partial charge >= 0.3 is 5.97 Å². The van der Waals surface area contributed by atoms with Crippen LogP contribution in [0.15, 0.2) is 22.8 Å². The van der Waals surface area contributed by atoms with E-state index in [-0.39, 0.29) is 13.0 Å². The SMILES string of the molecule is CCOC(=O)C(CCc1ccc(Br)cn1)S(C)(=O)=O. The van der Waals surface area contributed by atoms with Gasteiger partial charge in [0.25, 0.3) is 0 Å². The van der Waals surface area contributed by atoms with Crippen molar-refractivity contribution in [1.82, 2.24) is 4.98 Å². The fraction of sp³-hybridized carbons (Fsp3) is 0.500. The molecule has 0 saturated heterocycles. The summed E-state index contributed by atoms with van der Waals surface area (Å²) >= 11 is 3.27. The standard InChI is InChI=1S/C12H16BrNO4S/c1-3-18-12(15)11(19(2,16)17)7-6-10-5-4-9(13)8-14-10/h4-5,8,11H,3,6-7H2,1-2H3. The van der Waals surface area contributed by atoms with Crippen LogP contribution in [0.5, 0.6) is 0 Å². The minimum Gasteiger partial charge on any atom is -0.465 e. The average molecular weight is 350 g/mol. The van der Waals surface area contributed by atoms with Gasteiger partial charge in [-0.3, -0.25) is 9.78 Å². The van der Waals surface area contributed by atoms with Gasteiger partial charge in [0.2, 0.25) is 0 Å². The number of sulfone groups is 1. The normalized spacial score (nSPS) is 13.0. The summed E-state index contributed by atoms with van der Waals surface area (Å²) in [5.74, 6) is -0.692. The molecule has 1 rings (SSSR count). The minimum atomic E-state index is -3.48. The number of halogens is 1. The van der Waals surface area contributed by atoms with E-state index in [0.717, 1.165) is 16.4 Å². The molecule has 0 saturated carbocycles. The van der Waals surface area contributed by atoms with Crippen LogP contribution < -0.4 is 0 Å². The van der Waals surface area contributed by atoms with E-state index >= 15 is 0 Å². The zero-order valence-corrected chi connectivity index (χ0v) is 13.2. The second-order valence-electron chi connectivity index (χ2n) is 4.08. The van der Waals surface area contributed by atoms with Crippen molar-refractivity contribution in [2.45, 2.75) is 25.0 Å². The lowest BCUT2D eigenvalue weighted by atomic mass is 10.2. The Morgan fingerprint density at radius 1 is 1.47 bits per heavy atom. The Bertz CT molecular complexity index is 527. The van der Waals surface area contributed by atoms with E-state index in [9.17, 15) is 13.2 Å². The smallest absolute Gasteiger partial charge is 0.324 e. The third-order valence-corrected chi connectivity index (χ3v) is 4.45. The van der Waals surface area contributed by atoms with Gasteiger partial charge in [0.15, 0.2) is 15.1 Å². The van der Waals surface area contributed by atoms with Gasteiger partial charge in [0.05, 0.1) is 6.61 Å². The van der Waals surface area contributed by atoms with Crippen molar-refractivity contribution >= 4 is 31.7 Å². The van der Waals surface area contributed by atoms with E-state index < -0.39 is 21.1 Å². The first kappa shape index (κ1) is 16.1. The molecule has 0 aliphatic carbocycles. The fourth-order valence-corrected chi connectivity index (χ4v) is 2.77.